The molecular formula is C17H24N4O2. The summed E-state index contributed by atoms with van der Waals surface area (Å²) in [5.74, 6) is 0.200. The fourth-order valence-electron chi connectivity index (χ4n) is 3.39. The Hall–Kier alpha value is -1.92. The van der Waals surface area contributed by atoms with E-state index < -0.39 is 0 Å². The molecule has 6 nitrogen and oxygen atoms in total. The molecule has 0 saturated carbocycles. The van der Waals surface area contributed by atoms with Crippen LogP contribution >= 0.6 is 0 Å². The average molecular weight is 316 g/mol. The zero-order valence-electron chi connectivity index (χ0n) is 14.0. The molecule has 3 rings (SSSR count). The van der Waals surface area contributed by atoms with Gasteiger partial charge < -0.3 is 10.2 Å². The van der Waals surface area contributed by atoms with E-state index in [2.05, 4.69) is 32.7 Å². The number of aliphatic hydroxyl groups is 1. The highest BCUT2D eigenvalue weighted by Crippen LogP contribution is 2.29. The van der Waals surface area contributed by atoms with Crippen molar-refractivity contribution >= 4 is 0 Å². The Morgan fingerprint density at radius 3 is 2.74 bits per heavy atom. The Bertz CT molecular complexity index is 711. The third kappa shape index (κ3) is 3.09. The lowest BCUT2D eigenvalue weighted by molar-refractivity contribution is 0.269. The summed E-state index contributed by atoms with van der Waals surface area (Å²) in [7, 11) is 0. The van der Waals surface area contributed by atoms with E-state index in [0.29, 0.717) is 23.8 Å². The van der Waals surface area contributed by atoms with Crippen molar-refractivity contribution < 1.29 is 10.2 Å². The molecule has 1 saturated heterocycles. The van der Waals surface area contributed by atoms with E-state index in [4.69, 9.17) is 0 Å². The summed E-state index contributed by atoms with van der Waals surface area (Å²) in [4.78, 5) is 6.42. The predicted octanol–water partition coefficient (Wildman–Crippen LogP) is 1.85. The molecule has 6 heteroatoms. The van der Waals surface area contributed by atoms with Gasteiger partial charge in [0.2, 0.25) is 0 Å². The smallest absolute Gasteiger partial charge is 0.141 e. The third-order valence-corrected chi connectivity index (χ3v) is 4.62. The summed E-state index contributed by atoms with van der Waals surface area (Å²) in [6.07, 6.45) is 2.69. The van der Waals surface area contributed by atoms with Crippen LogP contribution in [0, 0.1) is 20.8 Å². The minimum Gasteiger partial charge on any atom is -0.506 e. The molecule has 124 valence electrons. The SMILES string of the molecule is Cc1cc(C)n([C@@H]2CCN(Cc3c(CO)cnc(C)c3O)C2)n1. The predicted molar refractivity (Wildman–Crippen MR) is 87.2 cm³/mol. The van der Waals surface area contributed by atoms with Gasteiger partial charge in [0.25, 0.3) is 0 Å². The number of pyridine rings is 1. The van der Waals surface area contributed by atoms with Crippen LogP contribution in [0.2, 0.25) is 0 Å². The van der Waals surface area contributed by atoms with Crippen LogP contribution in [0.1, 0.15) is 40.7 Å². The van der Waals surface area contributed by atoms with E-state index in [0.717, 1.165) is 30.8 Å². The van der Waals surface area contributed by atoms with Crippen molar-refractivity contribution in [3.05, 3.63) is 40.5 Å². The molecule has 0 aliphatic carbocycles. The van der Waals surface area contributed by atoms with Crippen LogP contribution in [0.15, 0.2) is 12.3 Å². The number of likely N-dealkylation sites (tertiary alicyclic amines) is 1. The topological polar surface area (TPSA) is 74.4 Å². The van der Waals surface area contributed by atoms with Crippen LogP contribution in [-0.4, -0.2) is 43.0 Å². The molecule has 1 fully saturated rings. The second-order valence-electron chi connectivity index (χ2n) is 6.40. The van der Waals surface area contributed by atoms with Gasteiger partial charge in [-0.05, 0) is 33.3 Å². The van der Waals surface area contributed by atoms with Gasteiger partial charge in [-0.25, -0.2) is 0 Å². The van der Waals surface area contributed by atoms with Crippen LogP contribution in [-0.2, 0) is 13.2 Å². The number of rotatable bonds is 4. The van der Waals surface area contributed by atoms with Gasteiger partial charge in [-0.3, -0.25) is 14.6 Å². The zero-order valence-corrected chi connectivity index (χ0v) is 14.0. The van der Waals surface area contributed by atoms with Gasteiger partial charge in [-0.15, -0.1) is 0 Å². The van der Waals surface area contributed by atoms with Crippen molar-refractivity contribution in [2.45, 2.75) is 46.4 Å². The molecule has 1 atom stereocenters. The van der Waals surface area contributed by atoms with Crippen LogP contribution in [0.25, 0.3) is 0 Å². The van der Waals surface area contributed by atoms with Gasteiger partial charge in [-0.1, -0.05) is 0 Å². The van der Waals surface area contributed by atoms with Gasteiger partial charge in [0, 0.05) is 42.7 Å². The second kappa shape index (κ2) is 6.29. The van der Waals surface area contributed by atoms with Crippen molar-refractivity contribution in [1.82, 2.24) is 19.7 Å². The van der Waals surface area contributed by atoms with E-state index in [1.54, 1.807) is 13.1 Å². The molecule has 1 aliphatic heterocycles. The lowest BCUT2D eigenvalue weighted by Crippen LogP contribution is -2.23. The van der Waals surface area contributed by atoms with Gasteiger partial charge in [0.1, 0.15) is 5.75 Å². The van der Waals surface area contributed by atoms with Crippen LogP contribution in [0.4, 0.5) is 0 Å². The molecule has 0 unspecified atom stereocenters. The summed E-state index contributed by atoms with van der Waals surface area (Å²) in [5.41, 5.74) is 4.32. The highest BCUT2D eigenvalue weighted by atomic mass is 16.3. The van der Waals surface area contributed by atoms with Crippen molar-refractivity contribution in [3.8, 4) is 5.75 Å². The van der Waals surface area contributed by atoms with Gasteiger partial charge in [-0.2, -0.15) is 5.10 Å². The number of aryl methyl sites for hydroxylation is 3. The van der Waals surface area contributed by atoms with E-state index in [-0.39, 0.29) is 12.4 Å². The fraction of sp³-hybridized carbons (Fsp3) is 0.529. The minimum atomic E-state index is -0.106. The summed E-state index contributed by atoms with van der Waals surface area (Å²) < 4.78 is 2.11. The molecule has 0 amide bonds. The molecule has 0 radical (unpaired) electrons. The Morgan fingerprint density at radius 1 is 1.30 bits per heavy atom. The molecule has 23 heavy (non-hydrogen) atoms. The normalized spacial score (nSPS) is 18.7. The summed E-state index contributed by atoms with van der Waals surface area (Å²) in [6.45, 7) is 8.25. The number of aromatic nitrogens is 3. The van der Waals surface area contributed by atoms with Crippen molar-refractivity contribution in [3.63, 3.8) is 0 Å². The van der Waals surface area contributed by atoms with Crippen LogP contribution in [0.5, 0.6) is 5.75 Å². The van der Waals surface area contributed by atoms with E-state index in [1.807, 2.05) is 6.92 Å². The number of nitrogens with zero attached hydrogens (tertiary/aromatic N) is 4. The fourth-order valence-corrected chi connectivity index (χ4v) is 3.39. The first-order chi connectivity index (χ1) is 11.0. The Kier molecular flexibility index (Phi) is 4.37. The molecule has 2 N–H and O–H groups in total. The molecule has 0 aromatic carbocycles. The number of hydrogen-bond acceptors (Lipinski definition) is 5. The largest absolute Gasteiger partial charge is 0.506 e. The van der Waals surface area contributed by atoms with Crippen molar-refractivity contribution in [2.24, 2.45) is 0 Å². The number of aliphatic hydroxyl groups excluding tert-OH is 1. The molecule has 3 heterocycles. The molecule has 2 aromatic rings. The third-order valence-electron chi connectivity index (χ3n) is 4.62. The second-order valence-corrected chi connectivity index (χ2v) is 6.40. The maximum absolute atomic E-state index is 10.3. The summed E-state index contributed by atoms with van der Waals surface area (Å²) in [6, 6.07) is 2.47. The lowest BCUT2D eigenvalue weighted by atomic mass is 10.1. The quantitative estimate of drug-likeness (QED) is 0.900. The highest BCUT2D eigenvalue weighted by molar-refractivity contribution is 5.40. The molecule has 2 aromatic heterocycles. The van der Waals surface area contributed by atoms with Gasteiger partial charge in [0.05, 0.1) is 24.0 Å². The summed E-state index contributed by atoms with van der Waals surface area (Å²) in [5, 5.41) is 24.4. The number of aromatic hydroxyl groups is 1. The van der Waals surface area contributed by atoms with Crippen LogP contribution in [0.3, 0.4) is 0 Å². The highest BCUT2D eigenvalue weighted by Gasteiger charge is 2.27. The molecule has 0 bridgehead atoms. The van der Waals surface area contributed by atoms with Gasteiger partial charge in [0.15, 0.2) is 0 Å². The number of hydrogen-bond donors (Lipinski definition) is 2. The van der Waals surface area contributed by atoms with E-state index in [9.17, 15) is 10.2 Å². The Morgan fingerprint density at radius 2 is 2.09 bits per heavy atom. The minimum absolute atomic E-state index is 0.106. The Labute approximate surface area is 136 Å². The Balaban J connectivity index is 1.76. The van der Waals surface area contributed by atoms with Gasteiger partial charge >= 0.3 is 0 Å². The first-order valence-electron chi connectivity index (χ1n) is 8.02. The monoisotopic (exact) mass is 316 g/mol. The molecular weight excluding hydrogens is 292 g/mol. The zero-order chi connectivity index (χ0) is 16.6. The first-order valence-corrected chi connectivity index (χ1v) is 8.02. The van der Waals surface area contributed by atoms with E-state index >= 15 is 0 Å². The van der Waals surface area contributed by atoms with E-state index in [1.165, 1.54) is 5.69 Å². The maximum atomic E-state index is 10.3. The lowest BCUT2D eigenvalue weighted by Gasteiger charge is -2.20. The van der Waals surface area contributed by atoms with Crippen molar-refractivity contribution in [1.29, 1.82) is 0 Å². The van der Waals surface area contributed by atoms with Crippen LogP contribution < -0.4 is 0 Å². The summed E-state index contributed by atoms with van der Waals surface area (Å²) >= 11 is 0. The van der Waals surface area contributed by atoms with Crippen molar-refractivity contribution in [2.75, 3.05) is 13.1 Å². The maximum Gasteiger partial charge on any atom is 0.141 e. The standard InChI is InChI=1S/C17H24N4O2/c1-11-6-12(2)21(19-11)15-4-5-20(8-15)9-16-14(10-22)7-18-13(3)17(16)23/h6-7,15,22-23H,4-5,8-10H2,1-3H3/t15-/m1/s1. The first kappa shape index (κ1) is 16.0. The average Bonchev–Trinajstić information content (AvgIpc) is 3.10. The molecule has 1 aliphatic rings. The molecule has 0 spiro atoms.